The lowest BCUT2D eigenvalue weighted by Gasteiger charge is -2.11. The van der Waals surface area contributed by atoms with Crippen LogP contribution in [0.1, 0.15) is 18.0 Å². The normalized spacial score (nSPS) is 19.9. The van der Waals surface area contributed by atoms with E-state index < -0.39 is 0 Å². The van der Waals surface area contributed by atoms with Gasteiger partial charge in [-0.3, -0.25) is 0 Å². The standard InChI is InChI=1S/C12H12BrN3O/c13-12-15-10-2-1-8(17)5-9(10)11(16-12)7-3-4-14-6-7/h1-2,5,7,14,17H,3-4,6H2. The van der Waals surface area contributed by atoms with Gasteiger partial charge in [-0.05, 0) is 47.1 Å². The summed E-state index contributed by atoms with van der Waals surface area (Å²) in [5.41, 5.74) is 1.88. The number of hydrogen-bond acceptors (Lipinski definition) is 4. The molecule has 88 valence electrons. The molecule has 1 aromatic carbocycles. The van der Waals surface area contributed by atoms with Gasteiger partial charge in [0.1, 0.15) is 5.75 Å². The third-order valence-corrected chi connectivity index (χ3v) is 3.48. The zero-order valence-corrected chi connectivity index (χ0v) is 10.7. The van der Waals surface area contributed by atoms with Crippen LogP contribution in [0, 0.1) is 0 Å². The SMILES string of the molecule is Oc1ccc2nc(Br)nc(C3CCNC3)c2c1. The van der Waals surface area contributed by atoms with Crippen LogP contribution in [0.25, 0.3) is 10.9 Å². The molecule has 1 saturated heterocycles. The summed E-state index contributed by atoms with van der Waals surface area (Å²) in [5.74, 6) is 0.661. The molecule has 1 aliphatic heterocycles. The van der Waals surface area contributed by atoms with Gasteiger partial charge in [-0.25, -0.2) is 9.97 Å². The van der Waals surface area contributed by atoms with Gasteiger partial charge in [0.15, 0.2) is 4.73 Å². The summed E-state index contributed by atoms with van der Waals surface area (Å²) in [6.45, 7) is 1.96. The molecule has 3 rings (SSSR count). The molecule has 0 radical (unpaired) electrons. The molecule has 0 bridgehead atoms. The van der Waals surface area contributed by atoms with Gasteiger partial charge >= 0.3 is 0 Å². The summed E-state index contributed by atoms with van der Waals surface area (Å²) < 4.78 is 0.609. The fourth-order valence-electron chi connectivity index (χ4n) is 2.31. The van der Waals surface area contributed by atoms with Crippen molar-refractivity contribution in [2.45, 2.75) is 12.3 Å². The Labute approximate surface area is 107 Å². The van der Waals surface area contributed by atoms with E-state index in [-0.39, 0.29) is 5.75 Å². The molecular weight excluding hydrogens is 282 g/mol. The van der Waals surface area contributed by atoms with Crippen LogP contribution in [-0.4, -0.2) is 28.2 Å². The van der Waals surface area contributed by atoms with Crippen molar-refractivity contribution in [3.05, 3.63) is 28.6 Å². The van der Waals surface area contributed by atoms with Gasteiger partial charge in [-0.15, -0.1) is 0 Å². The number of phenols is 1. The Morgan fingerprint density at radius 2 is 2.24 bits per heavy atom. The Morgan fingerprint density at radius 3 is 3.00 bits per heavy atom. The van der Waals surface area contributed by atoms with Crippen molar-refractivity contribution in [3.8, 4) is 5.75 Å². The molecule has 0 spiro atoms. The van der Waals surface area contributed by atoms with E-state index >= 15 is 0 Å². The molecular formula is C12H12BrN3O. The molecule has 1 fully saturated rings. The number of benzene rings is 1. The van der Waals surface area contributed by atoms with Crippen molar-refractivity contribution in [1.29, 1.82) is 0 Å². The molecule has 0 saturated carbocycles. The van der Waals surface area contributed by atoms with E-state index in [1.165, 1.54) is 0 Å². The van der Waals surface area contributed by atoms with Crippen LogP contribution in [0.4, 0.5) is 0 Å². The van der Waals surface area contributed by atoms with Crippen molar-refractivity contribution in [1.82, 2.24) is 15.3 Å². The Bertz CT molecular complexity index is 567. The first-order valence-corrected chi connectivity index (χ1v) is 6.40. The summed E-state index contributed by atoms with van der Waals surface area (Å²) in [5, 5.41) is 13.9. The van der Waals surface area contributed by atoms with E-state index in [1.807, 2.05) is 6.07 Å². The fraction of sp³-hybridized carbons (Fsp3) is 0.333. The molecule has 4 nitrogen and oxygen atoms in total. The van der Waals surface area contributed by atoms with Crippen molar-refractivity contribution < 1.29 is 5.11 Å². The van der Waals surface area contributed by atoms with E-state index in [4.69, 9.17) is 0 Å². The van der Waals surface area contributed by atoms with Gasteiger partial charge in [-0.2, -0.15) is 0 Å². The van der Waals surface area contributed by atoms with Gasteiger partial charge in [0.05, 0.1) is 11.2 Å². The molecule has 0 amide bonds. The summed E-state index contributed by atoms with van der Waals surface area (Å²) in [6.07, 6.45) is 1.08. The van der Waals surface area contributed by atoms with E-state index in [1.54, 1.807) is 12.1 Å². The minimum atomic E-state index is 0.260. The van der Waals surface area contributed by atoms with E-state index in [2.05, 4.69) is 31.2 Å². The maximum absolute atomic E-state index is 9.58. The second kappa shape index (κ2) is 4.23. The van der Waals surface area contributed by atoms with E-state index in [0.717, 1.165) is 36.1 Å². The lowest BCUT2D eigenvalue weighted by molar-refractivity contribution is 0.476. The van der Waals surface area contributed by atoms with Crippen molar-refractivity contribution >= 4 is 26.8 Å². The molecule has 0 aliphatic carbocycles. The van der Waals surface area contributed by atoms with E-state index in [9.17, 15) is 5.11 Å². The molecule has 17 heavy (non-hydrogen) atoms. The molecule has 1 unspecified atom stereocenters. The zero-order chi connectivity index (χ0) is 11.8. The quantitative estimate of drug-likeness (QED) is 0.791. The maximum atomic E-state index is 9.58. The number of nitrogens with one attached hydrogen (secondary N) is 1. The van der Waals surface area contributed by atoms with Gasteiger partial charge in [0.25, 0.3) is 0 Å². The largest absolute Gasteiger partial charge is 0.508 e. The fourth-order valence-corrected chi connectivity index (χ4v) is 2.69. The van der Waals surface area contributed by atoms with E-state index in [0.29, 0.717) is 10.7 Å². The summed E-state index contributed by atoms with van der Waals surface area (Å²) in [7, 11) is 0. The molecule has 1 aliphatic rings. The second-order valence-electron chi connectivity index (χ2n) is 4.27. The monoisotopic (exact) mass is 293 g/mol. The summed E-state index contributed by atoms with van der Waals surface area (Å²) in [4.78, 5) is 8.80. The Hall–Kier alpha value is -1.20. The lowest BCUT2D eigenvalue weighted by Crippen LogP contribution is -2.09. The minimum absolute atomic E-state index is 0.260. The van der Waals surface area contributed by atoms with Crippen LogP contribution in [-0.2, 0) is 0 Å². The molecule has 1 atom stereocenters. The van der Waals surface area contributed by atoms with Gasteiger partial charge in [-0.1, -0.05) is 0 Å². The average molecular weight is 294 g/mol. The topological polar surface area (TPSA) is 58.0 Å². The average Bonchev–Trinajstić information content (AvgIpc) is 2.82. The smallest absolute Gasteiger partial charge is 0.197 e. The molecule has 2 heterocycles. The number of nitrogens with zero attached hydrogens (tertiary/aromatic N) is 2. The Kier molecular flexibility index (Phi) is 2.72. The summed E-state index contributed by atoms with van der Waals surface area (Å²) in [6, 6.07) is 5.22. The summed E-state index contributed by atoms with van der Waals surface area (Å²) >= 11 is 3.34. The number of rotatable bonds is 1. The van der Waals surface area contributed by atoms with Crippen LogP contribution in [0.2, 0.25) is 0 Å². The number of phenolic OH excluding ortho intramolecular Hbond substituents is 1. The number of fused-ring (bicyclic) bond motifs is 1. The van der Waals surface area contributed by atoms with Crippen molar-refractivity contribution in [3.63, 3.8) is 0 Å². The highest BCUT2D eigenvalue weighted by atomic mass is 79.9. The molecule has 2 N–H and O–H groups in total. The predicted octanol–water partition coefficient (Wildman–Crippen LogP) is 2.17. The highest BCUT2D eigenvalue weighted by Crippen LogP contribution is 2.30. The molecule has 5 heteroatoms. The predicted molar refractivity (Wildman–Crippen MR) is 69.1 cm³/mol. The van der Waals surface area contributed by atoms with Crippen LogP contribution >= 0.6 is 15.9 Å². The number of hydrogen-bond donors (Lipinski definition) is 2. The Balaban J connectivity index is 2.23. The maximum Gasteiger partial charge on any atom is 0.197 e. The van der Waals surface area contributed by atoms with Crippen molar-refractivity contribution in [2.75, 3.05) is 13.1 Å². The minimum Gasteiger partial charge on any atom is -0.508 e. The highest BCUT2D eigenvalue weighted by molar-refractivity contribution is 9.10. The zero-order valence-electron chi connectivity index (χ0n) is 9.15. The number of halogens is 1. The van der Waals surface area contributed by atoms with Gasteiger partial charge in [0.2, 0.25) is 0 Å². The highest BCUT2D eigenvalue weighted by Gasteiger charge is 2.21. The molecule has 2 aromatic rings. The van der Waals surface area contributed by atoms with Crippen LogP contribution < -0.4 is 5.32 Å². The first kappa shape index (κ1) is 10.9. The van der Waals surface area contributed by atoms with Crippen LogP contribution in [0.15, 0.2) is 22.9 Å². The first-order chi connectivity index (χ1) is 8.24. The van der Waals surface area contributed by atoms with Gasteiger partial charge < -0.3 is 10.4 Å². The number of aromatic nitrogens is 2. The Morgan fingerprint density at radius 1 is 1.35 bits per heavy atom. The van der Waals surface area contributed by atoms with Crippen LogP contribution in [0.3, 0.4) is 0 Å². The third-order valence-electron chi connectivity index (χ3n) is 3.13. The second-order valence-corrected chi connectivity index (χ2v) is 4.98. The third kappa shape index (κ3) is 2.00. The lowest BCUT2D eigenvalue weighted by atomic mass is 10.00. The first-order valence-electron chi connectivity index (χ1n) is 5.61. The van der Waals surface area contributed by atoms with Crippen molar-refractivity contribution in [2.24, 2.45) is 0 Å². The van der Waals surface area contributed by atoms with Gasteiger partial charge in [0, 0.05) is 17.8 Å². The number of aromatic hydroxyl groups is 1. The molecule has 1 aromatic heterocycles. The van der Waals surface area contributed by atoms with Crippen LogP contribution in [0.5, 0.6) is 5.75 Å².